The molecule has 1 amide bonds. The Hall–Kier alpha value is -2.64. The Morgan fingerprint density at radius 3 is 2.61 bits per heavy atom. The van der Waals surface area contributed by atoms with Gasteiger partial charge in [-0.25, -0.2) is 0 Å². The number of hydrogen-bond acceptors (Lipinski definition) is 5. The first kappa shape index (κ1) is 23.7. The molecule has 6 atom stereocenters. The van der Waals surface area contributed by atoms with Gasteiger partial charge in [-0.1, -0.05) is 6.07 Å². The summed E-state index contributed by atoms with van der Waals surface area (Å²) < 4.78 is 0. The van der Waals surface area contributed by atoms with Gasteiger partial charge in [-0.05, 0) is 113 Å². The number of phenols is 1. The molecule has 1 aliphatic carbocycles. The van der Waals surface area contributed by atoms with Crippen LogP contribution in [-0.4, -0.2) is 68.7 Å². The van der Waals surface area contributed by atoms with E-state index in [2.05, 4.69) is 30.8 Å². The maximum atomic E-state index is 13.6. The molecule has 0 spiro atoms. The summed E-state index contributed by atoms with van der Waals surface area (Å²) in [6.07, 6.45) is 5.06. The lowest BCUT2D eigenvalue weighted by atomic mass is 9.56. The Morgan fingerprint density at radius 2 is 1.89 bits per heavy atom. The van der Waals surface area contributed by atoms with Gasteiger partial charge in [0.05, 0.1) is 6.10 Å². The minimum Gasteiger partial charge on any atom is -0.508 e. The number of carbonyl (C=O) groups excluding carboxylic acids is 1. The molecule has 0 saturated carbocycles. The van der Waals surface area contributed by atoms with E-state index in [9.17, 15) is 19.8 Å². The summed E-state index contributed by atoms with van der Waals surface area (Å²) >= 11 is 0. The van der Waals surface area contributed by atoms with Crippen LogP contribution in [0.4, 0.5) is 0 Å². The van der Waals surface area contributed by atoms with Crippen LogP contribution in [0.15, 0.2) is 29.1 Å². The number of nitrogens with zero attached hydrogens (tertiary/aromatic N) is 2. The predicted octanol–water partition coefficient (Wildman–Crippen LogP) is 2.89. The molecule has 1 aromatic carbocycles. The number of hydrogen-bond donors (Lipinski definition) is 3. The lowest BCUT2D eigenvalue weighted by molar-refractivity contribution is 0.0284. The summed E-state index contributed by atoms with van der Waals surface area (Å²) in [5.41, 5.74) is 4.05. The molecule has 3 N–H and O–H groups in total. The molecular weight excluding hydrogens is 454 g/mol. The van der Waals surface area contributed by atoms with Gasteiger partial charge in [0.25, 0.3) is 11.5 Å². The molecule has 36 heavy (non-hydrogen) atoms. The minimum absolute atomic E-state index is 0.0232. The van der Waals surface area contributed by atoms with Crippen LogP contribution in [0.3, 0.4) is 0 Å². The fraction of sp³-hybridized carbons (Fsp3) is 0.586. The van der Waals surface area contributed by atoms with E-state index in [0.717, 1.165) is 49.0 Å². The number of nitrogens with one attached hydrogen (secondary N) is 1. The van der Waals surface area contributed by atoms with Gasteiger partial charge in [0, 0.05) is 29.2 Å². The fourth-order valence-electron chi connectivity index (χ4n) is 7.98. The lowest BCUT2D eigenvalue weighted by Gasteiger charge is -2.54. The first-order chi connectivity index (χ1) is 17.2. The molecule has 4 aliphatic rings. The number of rotatable bonds is 2. The van der Waals surface area contributed by atoms with Crippen LogP contribution in [0.2, 0.25) is 0 Å². The largest absolute Gasteiger partial charge is 0.508 e. The zero-order chi connectivity index (χ0) is 25.4. The van der Waals surface area contributed by atoms with Gasteiger partial charge in [0.15, 0.2) is 0 Å². The first-order valence-electron chi connectivity index (χ1n) is 13.4. The van der Waals surface area contributed by atoms with Crippen molar-refractivity contribution in [1.82, 2.24) is 14.8 Å². The number of carbonyl (C=O) groups is 1. The second-order valence-electron chi connectivity index (χ2n) is 11.9. The number of aromatic hydroxyl groups is 1. The number of aryl methyl sites for hydroxylation is 1. The molecule has 2 bridgehead atoms. The summed E-state index contributed by atoms with van der Waals surface area (Å²) in [5, 5.41) is 20.5. The van der Waals surface area contributed by atoms with Gasteiger partial charge in [0.1, 0.15) is 11.3 Å². The number of likely N-dealkylation sites (tertiary alicyclic amines) is 1. The standard InChI is InChI=1S/C29H37N3O4/c1-16-4-7-21(33)14-24(16)29-8-9-31(3)17(2)25(29)11-18-10-23(27(35)30-26(18)15-29)28(36)32-19-5-6-20(32)13-22(34)12-19/h4,7,10,14,17,19-20,22,25,33-34H,5-6,8-9,11-13,15H2,1-3H3,(H,30,35)/t17?,19-,20?,22?,25?,29?/m0/s1. The number of aliphatic hydroxyl groups excluding tert-OH is 1. The molecule has 3 fully saturated rings. The molecule has 3 aliphatic heterocycles. The number of phenolic OH excluding ortho intramolecular Hbond substituents is 1. The molecule has 7 nitrogen and oxygen atoms in total. The number of pyridine rings is 1. The number of H-pyrrole nitrogens is 1. The Balaban J connectivity index is 1.41. The molecule has 2 aromatic rings. The number of amides is 1. The van der Waals surface area contributed by atoms with E-state index in [4.69, 9.17) is 0 Å². The van der Waals surface area contributed by atoms with Crippen LogP contribution >= 0.6 is 0 Å². The number of aromatic amines is 1. The third-order valence-corrected chi connectivity index (χ3v) is 9.98. The Labute approximate surface area is 212 Å². The van der Waals surface area contributed by atoms with E-state index in [1.54, 1.807) is 6.07 Å². The van der Waals surface area contributed by atoms with E-state index >= 15 is 0 Å². The minimum atomic E-state index is -0.354. The van der Waals surface area contributed by atoms with Crippen LogP contribution in [-0.2, 0) is 18.3 Å². The SMILES string of the molecule is Cc1ccc(O)cc1C12CCN(C)C(C)C1Cc1cc(C(=O)N3C4CC[C@H]3CC(O)C4)c(=O)[nH]c1C2. The Morgan fingerprint density at radius 1 is 1.17 bits per heavy atom. The third kappa shape index (κ3) is 3.54. The van der Waals surface area contributed by atoms with Crippen LogP contribution < -0.4 is 5.56 Å². The number of piperidine rings is 2. The number of fused-ring (bicyclic) bond motifs is 4. The first-order valence-corrected chi connectivity index (χ1v) is 13.4. The van der Waals surface area contributed by atoms with Gasteiger partial charge in [-0.15, -0.1) is 0 Å². The highest BCUT2D eigenvalue weighted by Crippen LogP contribution is 2.51. The fourth-order valence-corrected chi connectivity index (χ4v) is 7.98. The monoisotopic (exact) mass is 491 g/mol. The van der Waals surface area contributed by atoms with Gasteiger partial charge in [0.2, 0.25) is 0 Å². The van der Waals surface area contributed by atoms with Crippen molar-refractivity contribution in [1.29, 1.82) is 0 Å². The quantitative estimate of drug-likeness (QED) is 0.600. The van der Waals surface area contributed by atoms with E-state index in [-0.39, 0.29) is 46.4 Å². The third-order valence-electron chi connectivity index (χ3n) is 9.98. The van der Waals surface area contributed by atoms with Crippen molar-refractivity contribution < 1.29 is 15.0 Å². The molecule has 7 heteroatoms. The number of aromatic nitrogens is 1. The Kier molecular flexibility index (Phi) is 5.57. The second-order valence-corrected chi connectivity index (χ2v) is 11.9. The highest BCUT2D eigenvalue weighted by Gasteiger charge is 2.51. The van der Waals surface area contributed by atoms with Crippen molar-refractivity contribution in [3.8, 4) is 5.75 Å². The summed E-state index contributed by atoms with van der Waals surface area (Å²) in [5.74, 6) is 0.379. The van der Waals surface area contributed by atoms with Crippen molar-refractivity contribution in [2.24, 2.45) is 5.92 Å². The maximum absolute atomic E-state index is 13.6. The van der Waals surface area contributed by atoms with Gasteiger partial charge in [-0.3, -0.25) is 9.59 Å². The normalized spacial score (nSPS) is 33.8. The summed E-state index contributed by atoms with van der Waals surface area (Å²) in [6.45, 7) is 5.33. The molecule has 1 aromatic heterocycles. The topological polar surface area (TPSA) is 96.9 Å². The van der Waals surface area contributed by atoms with Crippen LogP contribution in [0.1, 0.15) is 71.8 Å². The summed E-state index contributed by atoms with van der Waals surface area (Å²) in [4.78, 5) is 34.4. The van der Waals surface area contributed by atoms with Crippen LogP contribution in [0, 0.1) is 12.8 Å². The second kappa shape index (κ2) is 8.45. The molecule has 192 valence electrons. The lowest BCUT2D eigenvalue weighted by Crippen LogP contribution is -2.57. The average molecular weight is 492 g/mol. The summed E-state index contributed by atoms with van der Waals surface area (Å²) in [6, 6.07) is 7.88. The van der Waals surface area contributed by atoms with E-state index in [1.165, 1.54) is 5.56 Å². The molecule has 0 radical (unpaired) electrons. The highest BCUT2D eigenvalue weighted by atomic mass is 16.3. The van der Waals surface area contributed by atoms with Crippen LogP contribution in [0.5, 0.6) is 5.75 Å². The zero-order valence-corrected chi connectivity index (χ0v) is 21.5. The smallest absolute Gasteiger partial charge is 0.261 e. The van der Waals surface area contributed by atoms with E-state index < -0.39 is 0 Å². The maximum Gasteiger partial charge on any atom is 0.261 e. The highest BCUT2D eigenvalue weighted by molar-refractivity contribution is 5.95. The van der Waals surface area contributed by atoms with Crippen molar-refractivity contribution in [2.75, 3.05) is 13.6 Å². The predicted molar refractivity (Wildman–Crippen MR) is 137 cm³/mol. The van der Waals surface area contributed by atoms with E-state index in [1.807, 2.05) is 23.1 Å². The van der Waals surface area contributed by atoms with Crippen molar-refractivity contribution in [3.05, 3.63) is 62.6 Å². The number of aliphatic hydroxyl groups is 1. The molecule has 3 saturated heterocycles. The van der Waals surface area contributed by atoms with Gasteiger partial charge < -0.3 is 25.0 Å². The van der Waals surface area contributed by atoms with Crippen molar-refractivity contribution in [2.45, 2.75) is 88.4 Å². The van der Waals surface area contributed by atoms with Crippen molar-refractivity contribution >= 4 is 5.91 Å². The van der Waals surface area contributed by atoms with Crippen molar-refractivity contribution in [3.63, 3.8) is 0 Å². The van der Waals surface area contributed by atoms with Crippen LogP contribution in [0.25, 0.3) is 0 Å². The molecule has 4 heterocycles. The zero-order valence-electron chi connectivity index (χ0n) is 21.5. The molecular formula is C29H37N3O4. The summed E-state index contributed by atoms with van der Waals surface area (Å²) in [7, 11) is 2.17. The number of benzene rings is 1. The molecule has 5 unspecified atom stereocenters. The Bertz CT molecular complexity index is 1260. The average Bonchev–Trinajstić information content (AvgIpc) is 3.12. The van der Waals surface area contributed by atoms with Gasteiger partial charge >= 0.3 is 0 Å². The van der Waals surface area contributed by atoms with Gasteiger partial charge in [-0.2, -0.15) is 0 Å². The molecule has 6 rings (SSSR count). The van der Waals surface area contributed by atoms with E-state index in [0.29, 0.717) is 31.2 Å².